The molecule has 2 aliphatic carbocycles. The zero-order chi connectivity index (χ0) is 33.7. The fourth-order valence-electron chi connectivity index (χ4n) is 8.37. The van der Waals surface area contributed by atoms with Crippen molar-refractivity contribution in [1.82, 2.24) is 0 Å². The topological polar surface area (TPSA) is 0 Å². The van der Waals surface area contributed by atoms with Crippen molar-refractivity contribution < 1.29 is 49.4 Å². The van der Waals surface area contributed by atoms with E-state index in [0.29, 0.717) is 11.8 Å². The van der Waals surface area contributed by atoms with Crippen LogP contribution in [0.5, 0.6) is 0 Å². The number of rotatable bonds is 6. The van der Waals surface area contributed by atoms with Gasteiger partial charge in [0.05, 0.1) is 0 Å². The summed E-state index contributed by atoms with van der Waals surface area (Å²) in [5.74, 6) is 1.35. The first-order valence-corrected chi connectivity index (χ1v) is 20.1. The Morgan fingerprint density at radius 1 is 0.500 bits per heavy atom. The predicted octanol–water partition coefficient (Wildman–Crippen LogP) is 13.2. The molecular weight excluding hydrogens is 782 g/mol. The Kier molecular flexibility index (Phi) is 13.8. The standard InChI is InChI=1S/2C22H27.2ClH.2Zr/c2*1-6-10-15(2)20-17-12-8-7-11-16(17)18-13-9-14-19(21(18)20)22(3,4)5;;;;/h2*7-9,11-15H,6,10H2,1-5H3;2*1H;;. The minimum atomic E-state index is 0. The van der Waals surface area contributed by atoms with Crippen LogP contribution in [-0.2, 0) is 66.5 Å². The summed E-state index contributed by atoms with van der Waals surface area (Å²) in [6.45, 7) is 23.7. The van der Waals surface area contributed by atoms with Crippen molar-refractivity contribution in [3.05, 3.63) is 118 Å². The van der Waals surface area contributed by atoms with E-state index in [9.17, 15) is 0 Å². The van der Waals surface area contributed by atoms with Crippen LogP contribution in [0.4, 0.5) is 0 Å². The van der Waals surface area contributed by atoms with Gasteiger partial charge in [0.25, 0.3) is 0 Å². The van der Waals surface area contributed by atoms with Crippen LogP contribution in [0.15, 0.2) is 84.9 Å². The first kappa shape index (κ1) is 41.6. The third kappa shape index (κ3) is 7.15. The van der Waals surface area contributed by atoms with Gasteiger partial charge in [0.1, 0.15) is 0 Å². The Bertz CT molecular complexity index is 1580. The average molecular weight is 838 g/mol. The molecule has 4 unspecified atom stereocenters. The Morgan fingerprint density at radius 2 is 0.812 bits per heavy atom. The van der Waals surface area contributed by atoms with Crippen molar-refractivity contribution in [2.45, 2.75) is 112 Å². The van der Waals surface area contributed by atoms with E-state index in [1.165, 1.54) is 59.1 Å². The predicted molar refractivity (Wildman–Crippen MR) is 205 cm³/mol. The Balaban J connectivity index is 0.000000250. The second-order valence-electron chi connectivity index (χ2n) is 16.0. The van der Waals surface area contributed by atoms with Crippen LogP contribution in [0.1, 0.15) is 128 Å². The molecule has 0 N–H and O–H groups in total. The zero-order valence-corrected chi connectivity index (χ0v) is 37.4. The number of fused-ring (bicyclic) bond motifs is 6. The van der Waals surface area contributed by atoms with Crippen LogP contribution in [0.25, 0.3) is 22.3 Å². The Labute approximate surface area is 335 Å². The molecule has 4 heteroatoms. The summed E-state index contributed by atoms with van der Waals surface area (Å²) in [7, 11) is 0. The zero-order valence-electron chi connectivity index (χ0n) is 30.9. The molecule has 0 saturated heterocycles. The van der Waals surface area contributed by atoms with Crippen molar-refractivity contribution in [1.29, 1.82) is 0 Å². The van der Waals surface area contributed by atoms with Crippen LogP contribution >= 0.6 is 24.8 Å². The SMILES string of the molecule is CCCC(C)[C]1([Zr])c2ccccc2-c2cccc(C(C)(C)C)c21.CCCC(C)[C]1([Zr])c2ccccc2-c2cccc(C(C)(C)C)c21.Cl.Cl. The number of hydrogen-bond donors (Lipinski definition) is 0. The van der Waals surface area contributed by atoms with E-state index in [1.54, 1.807) is 71.7 Å². The molecule has 0 radical (unpaired) electrons. The van der Waals surface area contributed by atoms with Gasteiger partial charge in [-0.3, -0.25) is 0 Å². The van der Waals surface area contributed by atoms with Gasteiger partial charge < -0.3 is 0 Å². The van der Waals surface area contributed by atoms with Gasteiger partial charge in [0.2, 0.25) is 0 Å². The molecule has 0 heterocycles. The van der Waals surface area contributed by atoms with Gasteiger partial charge in [-0.05, 0) is 0 Å². The van der Waals surface area contributed by atoms with Gasteiger partial charge >= 0.3 is 314 Å². The Hall–Kier alpha value is -0.774. The van der Waals surface area contributed by atoms with Crippen LogP contribution in [0, 0.1) is 11.8 Å². The third-order valence-corrected chi connectivity index (χ3v) is 15.7. The molecule has 0 aromatic heterocycles. The maximum Gasteiger partial charge on any atom is -0.147 e. The second-order valence-corrected chi connectivity index (χ2v) is 19.9. The molecule has 4 atom stereocenters. The monoisotopic (exact) mass is 834 g/mol. The molecule has 0 nitrogen and oxygen atoms in total. The maximum absolute atomic E-state index is 2.46. The quantitative estimate of drug-likeness (QED) is 0.181. The average Bonchev–Trinajstić information content (AvgIpc) is 3.45. The van der Waals surface area contributed by atoms with E-state index < -0.39 is 0 Å². The summed E-state index contributed by atoms with van der Waals surface area (Å²) >= 11 is 3.26. The number of halogens is 2. The molecular formula is C44H56Cl2Zr2. The molecule has 6 rings (SSSR count). The summed E-state index contributed by atoms with van der Waals surface area (Å²) in [6, 6.07) is 32.1. The van der Waals surface area contributed by atoms with Crippen LogP contribution in [0.2, 0.25) is 0 Å². The van der Waals surface area contributed by atoms with Crippen molar-refractivity contribution in [3.8, 4) is 22.3 Å². The molecule has 0 fully saturated rings. The maximum atomic E-state index is 2.46. The number of hydrogen-bond acceptors (Lipinski definition) is 0. The van der Waals surface area contributed by atoms with E-state index in [2.05, 4.69) is 154 Å². The normalized spacial score (nSPS) is 20.0. The van der Waals surface area contributed by atoms with Crippen LogP contribution in [0.3, 0.4) is 0 Å². The fourth-order valence-corrected chi connectivity index (χ4v) is 11.5. The van der Waals surface area contributed by atoms with E-state index in [1.807, 2.05) is 0 Å². The molecule has 0 spiro atoms. The van der Waals surface area contributed by atoms with Crippen molar-refractivity contribution in [3.63, 3.8) is 0 Å². The summed E-state index contributed by atoms with van der Waals surface area (Å²) in [4.78, 5) is 0. The molecule has 4 aromatic carbocycles. The van der Waals surface area contributed by atoms with Crippen LogP contribution < -0.4 is 0 Å². The van der Waals surface area contributed by atoms with Crippen molar-refractivity contribution in [2.75, 3.05) is 0 Å². The van der Waals surface area contributed by atoms with E-state index in [0.717, 1.165) is 0 Å². The molecule has 0 amide bonds. The van der Waals surface area contributed by atoms with Gasteiger partial charge in [-0.15, -0.1) is 24.8 Å². The summed E-state index contributed by atoms with van der Waals surface area (Å²) in [5.41, 5.74) is 15.7. The summed E-state index contributed by atoms with van der Waals surface area (Å²) in [5, 5.41) is 0. The summed E-state index contributed by atoms with van der Waals surface area (Å²) < 4.78 is 0.414. The fraction of sp³-hybridized carbons (Fsp3) is 0.455. The molecule has 0 bridgehead atoms. The minimum Gasteiger partial charge on any atom is -0.147 e. The summed E-state index contributed by atoms with van der Waals surface area (Å²) in [6.07, 6.45) is 5.09. The van der Waals surface area contributed by atoms with Crippen LogP contribution in [-0.4, -0.2) is 0 Å². The molecule has 48 heavy (non-hydrogen) atoms. The molecule has 0 saturated carbocycles. The molecule has 0 aliphatic heterocycles. The second kappa shape index (κ2) is 15.9. The minimum absolute atomic E-state index is 0. The van der Waals surface area contributed by atoms with E-state index in [-0.39, 0.29) is 41.9 Å². The van der Waals surface area contributed by atoms with Crippen molar-refractivity contribution in [2.24, 2.45) is 11.8 Å². The van der Waals surface area contributed by atoms with Gasteiger partial charge in [-0.2, -0.15) is 0 Å². The van der Waals surface area contributed by atoms with E-state index >= 15 is 0 Å². The van der Waals surface area contributed by atoms with Gasteiger partial charge in [-0.25, -0.2) is 0 Å². The van der Waals surface area contributed by atoms with E-state index in [4.69, 9.17) is 0 Å². The third-order valence-electron chi connectivity index (χ3n) is 10.7. The molecule has 254 valence electrons. The Morgan fingerprint density at radius 3 is 1.12 bits per heavy atom. The first-order chi connectivity index (χ1) is 21.6. The molecule has 2 aliphatic rings. The molecule has 4 aromatic rings. The smallest absolute Gasteiger partial charge is 0.147 e. The van der Waals surface area contributed by atoms with Gasteiger partial charge in [0, 0.05) is 0 Å². The number of benzene rings is 4. The van der Waals surface area contributed by atoms with Crippen molar-refractivity contribution >= 4 is 24.8 Å². The van der Waals surface area contributed by atoms with Gasteiger partial charge in [-0.1, -0.05) is 0 Å². The first-order valence-electron chi connectivity index (χ1n) is 17.6. The largest absolute Gasteiger partial charge is 0.147 e. The van der Waals surface area contributed by atoms with Gasteiger partial charge in [0.15, 0.2) is 0 Å².